The van der Waals surface area contributed by atoms with Crippen LogP contribution in [0.15, 0.2) is 29.2 Å². The minimum atomic E-state index is -4.21. The molecule has 0 fully saturated rings. The van der Waals surface area contributed by atoms with E-state index in [9.17, 15) is 31.7 Å². The molecule has 0 aromatic heterocycles. The summed E-state index contributed by atoms with van der Waals surface area (Å²) in [6, 6.07) is 4.23. The second kappa shape index (κ2) is 8.94. The monoisotopic (exact) mass is 481 g/mol. The molecular formula is C13H15F3INO5S. The van der Waals surface area contributed by atoms with E-state index in [-0.39, 0.29) is 17.2 Å². The van der Waals surface area contributed by atoms with E-state index in [1.165, 1.54) is 0 Å². The first kappa shape index (κ1) is 21.1. The number of non-ortho nitro benzene ring substituents is 1. The van der Waals surface area contributed by atoms with E-state index >= 15 is 0 Å². The molecule has 0 amide bonds. The molecule has 0 radical (unpaired) electrons. The molecule has 0 saturated carbocycles. The minimum Gasteiger partial charge on any atom is -0.266 e. The predicted molar refractivity (Wildman–Crippen MR) is 88.6 cm³/mol. The molecule has 0 bridgehead atoms. The molecule has 1 aromatic carbocycles. The predicted octanol–water partition coefficient (Wildman–Crippen LogP) is 4.23. The summed E-state index contributed by atoms with van der Waals surface area (Å²) in [6.07, 6.45) is -4.08. The van der Waals surface area contributed by atoms with Gasteiger partial charge in [0.05, 0.1) is 22.8 Å². The number of unbranched alkanes of at least 4 members (excludes halogenated alkanes) is 1. The maximum Gasteiger partial charge on any atom is 0.390 e. The minimum absolute atomic E-state index is 0.158. The van der Waals surface area contributed by atoms with Crippen LogP contribution in [0.2, 0.25) is 0 Å². The third-order valence-electron chi connectivity index (χ3n) is 2.94. The van der Waals surface area contributed by atoms with Gasteiger partial charge >= 0.3 is 6.18 Å². The van der Waals surface area contributed by atoms with Crippen LogP contribution in [0.5, 0.6) is 0 Å². The van der Waals surface area contributed by atoms with Crippen molar-refractivity contribution in [1.29, 1.82) is 0 Å². The first-order chi connectivity index (χ1) is 11.0. The van der Waals surface area contributed by atoms with E-state index in [2.05, 4.69) is 0 Å². The Bertz CT molecular complexity index is 649. The van der Waals surface area contributed by atoms with Crippen LogP contribution in [0.4, 0.5) is 18.9 Å². The highest BCUT2D eigenvalue weighted by Crippen LogP contribution is 2.28. The van der Waals surface area contributed by atoms with Gasteiger partial charge < -0.3 is 0 Å². The molecule has 6 nitrogen and oxygen atoms in total. The van der Waals surface area contributed by atoms with Crippen LogP contribution in [-0.4, -0.2) is 30.0 Å². The van der Waals surface area contributed by atoms with E-state index in [1.54, 1.807) is 22.6 Å². The molecule has 0 aliphatic carbocycles. The van der Waals surface area contributed by atoms with Crippen molar-refractivity contribution in [1.82, 2.24) is 0 Å². The van der Waals surface area contributed by atoms with Crippen LogP contribution < -0.4 is 0 Å². The van der Waals surface area contributed by atoms with E-state index in [4.69, 9.17) is 4.18 Å². The Labute approximate surface area is 150 Å². The fraction of sp³-hybridized carbons (Fsp3) is 0.538. The second-order valence-electron chi connectivity index (χ2n) is 4.94. The molecule has 24 heavy (non-hydrogen) atoms. The Kier molecular flexibility index (Phi) is 7.86. The largest absolute Gasteiger partial charge is 0.390 e. The summed E-state index contributed by atoms with van der Waals surface area (Å²) in [5, 5.41) is 10.5. The molecule has 0 heterocycles. The van der Waals surface area contributed by atoms with Crippen molar-refractivity contribution in [3.8, 4) is 0 Å². The molecule has 0 N–H and O–H groups in total. The number of alkyl halides is 4. The van der Waals surface area contributed by atoms with Crippen LogP contribution in [0, 0.1) is 10.1 Å². The van der Waals surface area contributed by atoms with Gasteiger partial charge in [0.25, 0.3) is 15.8 Å². The molecule has 0 saturated heterocycles. The van der Waals surface area contributed by atoms with E-state index in [0.717, 1.165) is 24.3 Å². The fourth-order valence-electron chi connectivity index (χ4n) is 1.79. The first-order valence-electron chi connectivity index (χ1n) is 6.86. The maximum atomic E-state index is 12.2. The molecule has 1 atom stereocenters. The average Bonchev–Trinajstić information content (AvgIpc) is 2.45. The lowest BCUT2D eigenvalue weighted by Crippen LogP contribution is -2.15. The van der Waals surface area contributed by atoms with Crippen molar-refractivity contribution in [2.24, 2.45) is 0 Å². The molecule has 1 aromatic rings. The standard InChI is InChI=1S/C13H15F3INO5S/c14-13(15,16)9-10(17)3-1-2-8-23-24(21,22)12-6-4-11(5-7-12)18(19)20/h4-7,10H,1-3,8-9H2. The molecule has 11 heteroatoms. The number of nitrogens with zero attached hydrogens (tertiary/aromatic N) is 1. The van der Waals surface area contributed by atoms with Gasteiger partial charge in [-0.3, -0.25) is 14.3 Å². The van der Waals surface area contributed by atoms with Gasteiger partial charge in [-0.1, -0.05) is 29.0 Å². The molecule has 1 rings (SSSR count). The van der Waals surface area contributed by atoms with Crippen molar-refractivity contribution >= 4 is 38.4 Å². The second-order valence-corrected chi connectivity index (χ2v) is 8.32. The molecule has 1 unspecified atom stereocenters. The highest BCUT2D eigenvalue weighted by atomic mass is 127. The van der Waals surface area contributed by atoms with Gasteiger partial charge in [0.15, 0.2) is 0 Å². The summed E-state index contributed by atoms with van der Waals surface area (Å²) in [5.41, 5.74) is -0.244. The molecular weight excluding hydrogens is 466 g/mol. The molecule has 0 spiro atoms. The number of nitro benzene ring substituents is 1. The average molecular weight is 481 g/mol. The van der Waals surface area contributed by atoms with Gasteiger partial charge in [-0.15, -0.1) is 0 Å². The quantitative estimate of drug-likeness (QED) is 0.132. The number of nitro groups is 1. The van der Waals surface area contributed by atoms with E-state index in [1.807, 2.05) is 0 Å². The smallest absolute Gasteiger partial charge is 0.266 e. The van der Waals surface area contributed by atoms with Crippen LogP contribution >= 0.6 is 22.6 Å². The Hall–Kier alpha value is -0.950. The summed E-state index contributed by atoms with van der Waals surface area (Å²) in [4.78, 5) is 9.64. The van der Waals surface area contributed by atoms with E-state index in [0.29, 0.717) is 19.3 Å². The Balaban J connectivity index is 2.39. The van der Waals surface area contributed by atoms with Crippen molar-refractivity contribution in [2.45, 2.75) is 40.7 Å². The third kappa shape index (κ3) is 7.75. The van der Waals surface area contributed by atoms with Gasteiger partial charge in [-0.25, -0.2) is 0 Å². The lowest BCUT2D eigenvalue weighted by atomic mass is 10.1. The number of halogens is 4. The molecule has 0 aliphatic rings. The Morgan fingerprint density at radius 1 is 1.21 bits per heavy atom. The zero-order valence-electron chi connectivity index (χ0n) is 12.3. The van der Waals surface area contributed by atoms with Gasteiger partial charge in [-0.05, 0) is 25.0 Å². The van der Waals surface area contributed by atoms with E-state index < -0.39 is 31.6 Å². The summed E-state index contributed by atoms with van der Waals surface area (Å²) in [5.74, 6) is 0. The number of hydrogen-bond donors (Lipinski definition) is 0. The van der Waals surface area contributed by atoms with Crippen LogP contribution in [0.3, 0.4) is 0 Å². The van der Waals surface area contributed by atoms with Gasteiger partial charge in [0.2, 0.25) is 0 Å². The molecule has 136 valence electrons. The first-order valence-corrected chi connectivity index (χ1v) is 9.51. The summed E-state index contributed by atoms with van der Waals surface area (Å²) in [6.45, 7) is -0.158. The Morgan fingerprint density at radius 2 is 1.79 bits per heavy atom. The number of rotatable bonds is 9. The summed E-state index contributed by atoms with van der Waals surface area (Å²) < 4.78 is 64.4. The summed E-state index contributed by atoms with van der Waals surface area (Å²) >= 11 is 1.72. The zero-order chi connectivity index (χ0) is 18.4. The SMILES string of the molecule is O=[N+]([O-])c1ccc(S(=O)(=O)OCCCCC(I)CC(F)(F)F)cc1. The normalized spacial score (nSPS) is 13.7. The molecule has 0 aliphatic heterocycles. The van der Waals surface area contributed by atoms with Gasteiger partial charge in [0.1, 0.15) is 0 Å². The van der Waals surface area contributed by atoms with Crippen molar-refractivity contribution < 1.29 is 30.7 Å². The number of benzene rings is 1. The Morgan fingerprint density at radius 3 is 2.29 bits per heavy atom. The van der Waals surface area contributed by atoms with Crippen molar-refractivity contribution in [3.63, 3.8) is 0 Å². The third-order valence-corrected chi connectivity index (χ3v) is 5.33. The van der Waals surface area contributed by atoms with Gasteiger partial charge in [0, 0.05) is 16.1 Å². The highest BCUT2D eigenvalue weighted by Gasteiger charge is 2.30. The zero-order valence-corrected chi connectivity index (χ0v) is 15.3. The highest BCUT2D eigenvalue weighted by molar-refractivity contribution is 14.1. The fourth-order valence-corrected chi connectivity index (χ4v) is 3.67. The van der Waals surface area contributed by atoms with Crippen LogP contribution in [0.25, 0.3) is 0 Å². The maximum absolute atomic E-state index is 12.2. The van der Waals surface area contributed by atoms with Gasteiger partial charge in [-0.2, -0.15) is 21.6 Å². The van der Waals surface area contributed by atoms with Crippen molar-refractivity contribution in [3.05, 3.63) is 34.4 Å². The topological polar surface area (TPSA) is 86.5 Å². The summed E-state index contributed by atoms with van der Waals surface area (Å²) in [7, 11) is -4.04. The van der Waals surface area contributed by atoms with Crippen LogP contribution in [0.1, 0.15) is 25.7 Å². The lowest BCUT2D eigenvalue weighted by molar-refractivity contribution is -0.384. The van der Waals surface area contributed by atoms with Crippen LogP contribution in [-0.2, 0) is 14.3 Å². The number of hydrogen-bond acceptors (Lipinski definition) is 5. The lowest BCUT2D eigenvalue weighted by Gasteiger charge is -2.12. The van der Waals surface area contributed by atoms with Crippen molar-refractivity contribution in [2.75, 3.05) is 6.61 Å².